The zero-order valence-corrected chi connectivity index (χ0v) is 19.0. The molecule has 28 heavy (non-hydrogen) atoms. The highest BCUT2D eigenvalue weighted by molar-refractivity contribution is 14.1. The van der Waals surface area contributed by atoms with Crippen LogP contribution in [0.5, 0.6) is 0 Å². The molecule has 0 atom stereocenters. The third-order valence-corrected chi connectivity index (χ3v) is 5.96. The number of rotatable bonds is 4. The van der Waals surface area contributed by atoms with Crippen LogP contribution in [0.3, 0.4) is 0 Å². The van der Waals surface area contributed by atoms with Gasteiger partial charge in [0.05, 0.1) is 21.3 Å². The van der Waals surface area contributed by atoms with E-state index in [-0.39, 0.29) is 11.8 Å². The zero-order chi connectivity index (χ0) is 20.3. The van der Waals surface area contributed by atoms with E-state index in [4.69, 9.17) is 23.2 Å². The predicted octanol–water partition coefficient (Wildman–Crippen LogP) is 4.91. The molecule has 1 saturated heterocycles. The number of hydrogen-bond donors (Lipinski definition) is 1. The maximum atomic E-state index is 12.5. The van der Waals surface area contributed by atoms with Crippen molar-refractivity contribution in [3.63, 3.8) is 0 Å². The third-order valence-electron chi connectivity index (χ3n) is 4.65. The molecule has 3 rings (SSSR count). The molecule has 0 unspecified atom stereocenters. The number of nitrogens with one attached hydrogen (secondary N) is 1. The summed E-state index contributed by atoms with van der Waals surface area (Å²) in [5.74, 6) is -0.0999. The summed E-state index contributed by atoms with van der Waals surface area (Å²) in [5, 5.41) is 3.80. The van der Waals surface area contributed by atoms with Gasteiger partial charge in [0.1, 0.15) is 0 Å². The largest absolute Gasteiger partial charge is 0.367 e. The van der Waals surface area contributed by atoms with E-state index in [1.165, 1.54) is 0 Å². The molecule has 0 saturated carbocycles. The van der Waals surface area contributed by atoms with Gasteiger partial charge in [0, 0.05) is 41.9 Å². The van der Waals surface area contributed by atoms with E-state index >= 15 is 0 Å². The highest BCUT2D eigenvalue weighted by Crippen LogP contribution is 2.30. The van der Waals surface area contributed by atoms with E-state index in [1.54, 1.807) is 18.2 Å². The van der Waals surface area contributed by atoms with Crippen LogP contribution in [0.4, 0.5) is 11.4 Å². The molecule has 148 valence electrons. The molecule has 5 nitrogen and oxygen atoms in total. The molecule has 0 radical (unpaired) electrons. The Hall–Kier alpha value is -1.51. The average Bonchev–Trinajstić information content (AvgIpc) is 2.69. The van der Waals surface area contributed by atoms with Crippen LogP contribution < -0.4 is 10.2 Å². The van der Waals surface area contributed by atoms with E-state index in [9.17, 15) is 9.59 Å². The van der Waals surface area contributed by atoms with E-state index < -0.39 is 0 Å². The van der Waals surface area contributed by atoms with Gasteiger partial charge in [-0.3, -0.25) is 9.59 Å². The smallest absolute Gasteiger partial charge is 0.257 e. The van der Waals surface area contributed by atoms with Crippen molar-refractivity contribution in [2.45, 2.75) is 13.3 Å². The molecule has 0 spiro atoms. The Bertz CT molecular complexity index is 899. The molecule has 2 amide bonds. The summed E-state index contributed by atoms with van der Waals surface area (Å²) in [6.45, 7) is 4.71. The van der Waals surface area contributed by atoms with E-state index in [0.717, 1.165) is 22.3 Å². The summed E-state index contributed by atoms with van der Waals surface area (Å²) < 4.78 is 0.932. The summed E-state index contributed by atoms with van der Waals surface area (Å²) in [4.78, 5) is 28.4. The molecule has 0 bridgehead atoms. The first-order valence-electron chi connectivity index (χ1n) is 8.97. The molecule has 1 heterocycles. The molecule has 8 heteroatoms. The van der Waals surface area contributed by atoms with Crippen LogP contribution in [0.1, 0.15) is 23.7 Å². The SMILES string of the molecule is CCC(=O)N1CCN(c2ccc(NC(=O)c3cc(I)ccc3Cl)cc2Cl)CC1. The number of carbonyl (C=O) groups is 2. The monoisotopic (exact) mass is 531 g/mol. The Morgan fingerprint density at radius 2 is 1.75 bits per heavy atom. The highest BCUT2D eigenvalue weighted by atomic mass is 127. The van der Waals surface area contributed by atoms with Gasteiger partial charge in [0.15, 0.2) is 0 Å². The second-order valence-corrected chi connectivity index (χ2v) is 8.53. The lowest BCUT2D eigenvalue weighted by Gasteiger charge is -2.36. The van der Waals surface area contributed by atoms with Crippen molar-refractivity contribution in [2.24, 2.45) is 0 Å². The highest BCUT2D eigenvalue weighted by Gasteiger charge is 2.21. The Morgan fingerprint density at radius 1 is 1.04 bits per heavy atom. The molecule has 2 aromatic carbocycles. The predicted molar refractivity (Wildman–Crippen MR) is 123 cm³/mol. The molecule has 1 aliphatic heterocycles. The summed E-state index contributed by atoms with van der Waals surface area (Å²) in [7, 11) is 0. The van der Waals surface area contributed by atoms with Gasteiger partial charge in [-0.25, -0.2) is 0 Å². The average molecular weight is 532 g/mol. The quantitative estimate of drug-likeness (QED) is 0.570. The number of halogens is 3. The minimum atomic E-state index is -0.279. The number of benzene rings is 2. The maximum absolute atomic E-state index is 12.5. The molecular weight excluding hydrogens is 512 g/mol. The minimum absolute atomic E-state index is 0.179. The third kappa shape index (κ3) is 4.90. The first kappa shape index (κ1) is 21.2. The van der Waals surface area contributed by atoms with Crippen LogP contribution >= 0.6 is 45.8 Å². The van der Waals surface area contributed by atoms with E-state index in [2.05, 4.69) is 32.8 Å². The summed E-state index contributed by atoms with van der Waals surface area (Å²) >= 11 is 14.7. The van der Waals surface area contributed by atoms with Crippen LogP contribution in [-0.4, -0.2) is 42.9 Å². The van der Waals surface area contributed by atoms with Gasteiger partial charge in [-0.15, -0.1) is 0 Å². The Labute approximate surface area is 188 Å². The standard InChI is InChI=1S/C20H20Cl2IN3O2/c1-2-19(27)26-9-7-25(8-10-26)18-6-4-14(12-17(18)22)24-20(28)15-11-13(23)3-5-16(15)21/h3-6,11-12H,2,7-10H2,1H3,(H,24,28). The zero-order valence-electron chi connectivity index (χ0n) is 15.3. The lowest BCUT2D eigenvalue weighted by atomic mass is 10.2. The van der Waals surface area contributed by atoms with Gasteiger partial charge in [0.25, 0.3) is 5.91 Å². The molecule has 1 N–H and O–H groups in total. The Balaban J connectivity index is 1.68. The van der Waals surface area contributed by atoms with Gasteiger partial charge in [-0.05, 0) is 59.0 Å². The second-order valence-electron chi connectivity index (χ2n) is 6.47. The van der Waals surface area contributed by atoms with Crippen LogP contribution in [0.25, 0.3) is 0 Å². The van der Waals surface area contributed by atoms with Crippen molar-refractivity contribution in [2.75, 3.05) is 36.4 Å². The normalized spacial score (nSPS) is 14.1. The van der Waals surface area contributed by atoms with Crippen LogP contribution in [0, 0.1) is 3.57 Å². The fourth-order valence-electron chi connectivity index (χ4n) is 3.13. The summed E-state index contributed by atoms with van der Waals surface area (Å²) in [5.41, 5.74) is 1.93. The van der Waals surface area contributed by atoms with Crippen molar-refractivity contribution < 1.29 is 9.59 Å². The van der Waals surface area contributed by atoms with Gasteiger partial charge >= 0.3 is 0 Å². The first-order valence-corrected chi connectivity index (χ1v) is 10.8. The Morgan fingerprint density at radius 3 is 2.39 bits per heavy atom. The number of nitrogens with zero attached hydrogens (tertiary/aromatic N) is 2. The van der Waals surface area contributed by atoms with Crippen molar-refractivity contribution in [1.29, 1.82) is 0 Å². The van der Waals surface area contributed by atoms with Gasteiger partial charge < -0.3 is 15.1 Å². The topological polar surface area (TPSA) is 52.7 Å². The number of carbonyl (C=O) groups excluding carboxylic acids is 2. The van der Waals surface area contributed by atoms with Crippen LogP contribution in [0.15, 0.2) is 36.4 Å². The van der Waals surface area contributed by atoms with Gasteiger partial charge in [0.2, 0.25) is 5.91 Å². The van der Waals surface area contributed by atoms with Crippen LogP contribution in [0.2, 0.25) is 10.0 Å². The number of piperazine rings is 1. The maximum Gasteiger partial charge on any atom is 0.257 e. The lowest BCUT2D eigenvalue weighted by Crippen LogP contribution is -2.48. The number of amides is 2. The molecular formula is C20H20Cl2IN3O2. The number of hydrogen-bond acceptors (Lipinski definition) is 3. The van der Waals surface area contributed by atoms with Crippen LogP contribution in [-0.2, 0) is 4.79 Å². The number of anilines is 2. The summed E-state index contributed by atoms with van der Waals surface area (Å²) in [6, 6.07) is 10.7. The minimum Gasteiger partial charge on any atom is -0.367 e. The molecule has 0 aliphatic carbocycles. The van der Waals surface area contributed by atoms with Crippen molar-refractivity contribution in [1.82, 2.24) is 4.90 Å². The lowest BCUT2D eigenvalue weighted by molar-refractivity contribution is -0.131. The van der Waals surface area contributed by atoms with Gasteiger partial charge in [-0.2, -0.15) is 0 Å². The van der Waals surface area contributed by atoms with Crippen molar-refractivity contribution in [3.05, 3.63) is 55.6 Å². The Kier molecular flexibility index (Phi) is 7.06. The second kappa shape index (κ2) is 9.33. The molecule has 1 aliphatic rings. The fourth-order valence-corrected chi connectivity index (χ4v) is 4.13. The van der Waals surface area contributed by atoms with E-state index in [0.29, 0.717) is 40.8 Å². The molecule has 1 fully saturated rings. The molecule has 0 aromatic heterocycles. The van der Waals surface area contributed by atoms with Crippen molar-refractivity contribution in [3.8, 4) is 0 Å². The first-order chi connectivity index (χ1) is 13.4. The van der Waals surface area contributed by atoms with E-state index in [1.807, 2.05) is 30.0 Å². The van der Waals surface area contributed by atoms with Gasteiger partial charge in [-0.1, -0.05) is 30.1 Å². The van der Waals surface area contributed by atoms with Crippen molar-refractivity contribution >= 4 is 69.0 Å². The fraction of sp³-hybridized carbons (Fsp3) is 0.300. The molecule has 2 aromatic rings. The summed E-state index contributed by atoms with van der Waals surface area (Å²) in [6.07, 6.45) is 0.527.